The molecule has 0 spiro atoms. The summed E-state index contributed by atoms with van der Waals surface area (Å²) in [5.41, 5.74) is 7.22. The van der Waals surface area contributed by atoms with Crippen molar-refractivity contribution in [2.45, 2.75) is 46.3 Å². The molecule has 3 N–H and O–H groups in total. The van der Waals surface area contributed by atoms with Crippen molar-refractivity contribution in [2.75, 3.05) is 17.2 Å². The molecule has 10 heteroatoms. The summed E-state index contributed by atoms with van der Waals surface area (Å²) in [6, 6.07) is 17.0. The first kappa shape index (κ1) is 24.8. The van der Waals surface area contributed by atoms with Gasteiger partial charge in [-0.15, -0.1) is 0 Å². The number of nitrogens with one attached hydrogen (secondary N) is 1. The van der Waals surface area contributed by atoms with E-state index in [9.17, 15) is 9.59 Å². The number of ether oxygens (including phenoxy) is 1. The molecule has 2 heterocycles. The van der Waals surface area contributed by atoms with E-state index in [2.05, 4.69) is 15.1 Å². The van der Waals surface area contributed by atoms with Crippen LogP contribution in [-0.4, -0.2) is 26.3 Å². The molecule has 0 saturated heterocycles. The van der Waals surface area contributed by atoms with Crippen molar-refractivity contribution in [2.24, 2.45) is 0 Å². The highest BCUT2D eigenvalue weighted by Gasteiger charge is 2.22. The van der Waals surface area contributed by atoms with E-state index in [1.807, 2.05) is 68.4 Å². The Morgan fingerprint density at radius 1 is 1.06 bits per heavy atom. The van der Waals surface area contributed by atoms with Gasteiger partial charge in [0, 0.05) is 18.7 Å². The van der Waals surface area contributed by atoms with Crippen molar-refractivity contribution >= 4 is 11.5 Å². The topological polar surface area (TPSA) is 132 Å². The maximum absolute atomic E-state index is 13.0. The van der Waals surface area contributed by atoms with E-state index in [0.717, 1.165) is 29.7 Å². The molecule has 188 valence electrons. The summed E-state index contributed by atoms with van der Waals surface area (Å²) in [6.07, 6.45) is 1.63. The van der Waals surface area contributed by atoms with Crippen molar-refractivity contribution < 1.29 is 9.26 Å². The maximum Gasteiger partial charge on any atom is 0.330 e. The van der Waals surface area contributed by atoms with Crippen molar-refractivity contribution in [1.29, 1.82) is 0 Å². The fourth-order valence-corrected chi connectivity index (χ4v) is 3.91. The van der Waals surface area contributed by atoms with E-state index in [1.54, 1.807) is 4.90 Å². The van der Waals surface area contributed by atoms with E-state index in [0.29, 0.717) is 31.4 Å². The molecule has 0 aliphatic rings. The lowest BCUT2D eigenvalue weighted by molar-refractivity contribution is 0.340. The quantitative estimate of drug-likeness (QED) is 0.326. The second-order valence-electron chi connectivity index (χ2n) is 8.31. The highest BCUT2D eigenvalue weighted by atomic mass is 16.5. The molecule has 4 rings (SSSR count). The number of nitrogens with two attached hydrogens (primary N) is 1. The normalized spacial score (nSPS) is 10.9. The molecule has 10 nitrogen and oxygen atoms in total. The lowest BCUT2D eigenvalue weighted by Crippen LogP contribution is -2.38. The van der Waals surface area contributed by atoms with E-state index in [1.165, 1.54) is 4.57 Å². The number of aromatic amines is 1. The number of aromatic nitrogens is 4. The molecule has 0 radical (unpaired) electrons. The number of anilines is 2. The van der Waals surface area contributed by atoms with Crippen molar-refractivity contribution in [3.63, 3.8) is 0 Å². The highest BCUT2D eigenvalue weighted by Crippen LogP contribution is 2.24. The molecular formula is C26H30N6O4. The lowest BCUT2D eigenvalue weighted by atomic mass is 10.2. The Labute approximate surface area is 208 Å². The van der Waals surface area contributed by atoms with Crippen LogP contribution in [-0.2, 0) is 19.6 Å². The van der Waals surface area contributed by atoms with Crippen LogP contribution in [0, 0.1) is 0 Å². The van der Waals surface area contributed by atoms with Gasteiger partial charge in [0.2, 0.25) is 11.7 Å². The van der Waals surface area contributed by atoms with Gasteiger partial charge in [-0.05, 0) is 43.2 Å². The van der Waals surface area contributed by atoms with Crippen LogP contribution in [0.5, 0.6) is 5.75 Å². The fourth-order valence-electron chi connectivity index (χ4n) is 3.91. The van der Waals surface area contributed by atoms with Crippen LogP contribution in [0.2, 0.25) is 0 Å². The molecule has 0 saturated carbocycles. The Balaban J connectivity index is 1.68. The Morgan fingerprint density at radius 3 is 2.50 bits per heavy atom. The lowest BCUT2D eigenvalue weighted by Gasteiger charge is -2.25. The minimum Gasteiger partial charge on any atom is -0.494 e. The summed E-state index contributed by atoms with van der Waals surface area (Å²) in [4.78, 5) is 34.1. The van der Waals surface area contributed by atoms with Gasteiger partial charge in [0.1, 0.15) is 17.3 Å². The maximum atomic E-state index is 13.0. The summed E-state index contributed by atoms with van der Waals surface area (Å²) < 4.78 is 12.4. The molecule has 0 atom stereocenters. The Hall–Kier alpha value is -4.34. The van der Waals surface area contributed by atoms with Gasteiger partial charge in [0.25, 0.3) is 5.56 Å². The number of hydrogen-bond acceptors (Lipinski definition) is 8. The fraction of sp³-hybridized carbons (Fsp3) is 0.308. The third-order valence-electron chi connectivity index (χ3n) is 5.70. The van der Waals surface area contributed by atoms with Gasteiger partial charge in [-0.2, -0.15) is 4.98 Å². The van der Waals surface area contributed by atoms with Gasteiger partial charge < -0.3 is 19.9 Å². The molecular weight excluding hydrogens is 460 g/mol. The number of nitrogen functional groups attached to an aromatic ring is 1. The monoisotopic (exact) mass is 490 g/mol. The van der Waals surface area contributed by atoms with Crippen LogP contribution < -0.4 is 26.6 Å². The summed E-state index contributed by atoms with van der Waals surface area (Å²) in [5.74, 6) is 1.59. The van der Waals surface area contributed by atoms with E-state index in [-0.39, 0.29) is 18.1 Å². The summed E-state index contributed by atoms with van der Waals surface area (Å²) in [5, 5.41) is 4.11. The second-order valence-corrected chi connectivity index (χ2v) is 8.31. The molecule has 4 aromatic rings. The van der Waals surface area contributed by atoms with Crippen LogP contribution in [0.3, 0.4) is 0 Å². The van der Waals surface area contributed by atoms with Gasteiger partial charge in [0.05, 0.1) is 13.2 Å². The number of benzene rings is 2. The van der Waals surface area contributed by atoms with Gasteiger partial charge in [-0.1, -0.05) is 48.8 Å². The number of unbranched alkanes of at least 4 members (excludes halogenated alkanes) is 1. The van der Waals surface area contributed by atoms with Gasteiger partial charge in [0.15, 0.2) is 0 Å². The predicted octanol–water partition coefficient (Wildman–Crippen LogP) is 3.57. The SMILES string of the molecule is CCCCn1c(N)c(N(Cc2ccccc2)Cc2nc(-c3ccc(OCC)cc3)no2)c(=O)[nH]c1=O. The average molecular weight is 491 g/mol. The minimum atomic E-state index is -0.563. The number of nitrogens with zero attached hydrogens (tertiary/aromatic N) is 4. The van der Waals surface area contributed by atoms with Crippen molar-refractivity contribution in [3.8, 4) is 17.1 Å². The first-order valence-electron chi connectivity index (χ1n) is 12.0. The molecule has 2 aromatic heterocycles. The molecule has 0 amide bonds. The Bertz CT molecular complexity index is 1390. The zero-order chi connectivity index (χ0) is 25.5. The third-order valence-corrected chi connectivity index (χ3v) is 5.70. The Morgan fingerprint density at radius 2 is 1.81 bits per heavy atom. The molecule has 0 bridgehead atoms. The first-order valence-corrected chi connectivity index (χ1v) is 12.0. The molecule has 36 heavy (non-hydrogen) atoms. The van der Waals surface area contributed by atoms with Crippen molar-refractivity contribution in [3.05, 3.63) is 86.9 Å². The molecule has 0 aliphatic carbocycles. The highest BCUT2D eigenvalue weighted by molar-refractivity contribution is 5.62. The van der Waals surface area contributed by atoms with Crippen molar-refractivity contribution in [1.82, 2.24) is 19.7 Å². The summed E-state index contributed by atoms with van der Waals surface area (Å²) in [6.45, 7) is 5.41. The summed E-state index contributed by atoms with van der Waals surface area (Å²) in [7, 11) is 0. The second kappa shape index (κ2) is 11.4. The van der Waals surface area contributed by atoms with Gasteiger partial charge >= 0.3 is 5.69 Å². The molecule has 0 aliphatic heterocycles. The minimum absolute atomic E-state index is 0.111. The number of rotatable bonds is 11. The van der Waals surface area contributed by atoms with Crippen LogP contribution in [0.15, 0.2) is 68.7 Å². The first-order chi connectivity index (χ1) is 17.5. The smallest absolute Gasteiger partial charge is 0.330 e. The number of hydrogen-bond donors (Lipinski definition) is 2. The largest absolute Gasteiger partial charge is 0.494 e. The van der Waals surface area contributed by atoms with E-state index in [4.69, 9.17) is 15.0 Å². The molecule has 2 aromatic carbocycles. The predicted molar refractivity (Wildman–Crippen MR) is 138 cm³/mol. The zero-order valence-corrected chi connectivity index (χ0v) is 20.4. The van der Waals surface area contributed by atoms with Gasteiger partial charge in [-0.3, -0.25) is 14.3 Å². The third kappa shape index (κ3) is 5.65. The van der Waals surface area contributed by atoms with Crippen LogP contribution >= 0.6 is 0 Å². The van der Waals surface area contributed by atoms with E-state index < -0.39 is 11.2 Å². The van der Waals surface area contributed by atoms with E-state index >= 15 is 0 Å². The molecule has 0 fully saturated rings. The summed E-state index contributed by atoms with van der Waals surface area (Å²) >= 11 is 0. The molecule has 0 unspecified atom stereocenters. The average Bonchev–Trinajstić information content (AvgIpc) is 3.33. The Kier molecular flexibility index (Phi) is 7.84. The van der Waals surface area contributed by atoms with Gasteiger partial charge in [-0.25, -0.2) is 4.79 Å². The number of H-pyrrole nitrogens is 1. The zero-order valence-electron chi connectivity index (χ0n) is 20.4. The van der Waals surface area contributed by atoms with Crippen LogP contribution in [0.1, 0.15) is 38.1 Å². The van der Waals surface area contributed by atoms with Crippen LogP contribution in [0.4, 0.5) is 11.5 Å². The standard InChI is InChI=1S/C26H30N6O4/c1-3-5-15-32-23(27)22(25(33)29-26(32)34)31(16-18-9-7-6-8-10-18)17-21-28-24(30-36-21)19-11-13-20(14-12-19)35-4-2/h6-14H,3-5,15-17,27H2,1-2H3,(H,29,33,34). The van der Waals surface area contributed by atoms with Crippen LogP contribution in [0.25, 0.3) is 11.4 Å².